The Labute approximate surface area is 167 Å². The third kappa shape index (κ3) is 6.87. The molecule has 1 aromatic heterocycles. The largest absolute Gasteiger partial charge is 0.454 e. The second-order valence-corrected chi connectivity index (χ2v) is 6.81. The summed E-state index contributed by atoms with van der Waals surface area (Å²) in [5.41, 5.74) is 5.20. The van der Waals surface area contributed by atoms with E-state index in [0.717, 1.165) is 30.9 Å². The molecule has 1 aliphatic rings. The first kappa shape index (κ1) is 21.8. The maximum absolute atomic E-state index is 11.1. The van der Waals surface area contributed by atoms with Crippen LogP contribution in [0.5, 0.6) is 0 Å². The van der Waals surface area contributed by atoms with E-state index in [9.17, 15) is 4.79 Å². The number of nitrogens with one attached hydrogen (secondary N) is 1. The Morgan fingerprint density at radius 1 is 1.36 bits per heavy atom. The Bertz CT molecular complexity index is 565. The van der Waals surface area contributed by atoms with E-state index >= 15 is 0 Å². The molecule has 1 heterocycles. The van der Waals surface area contributed by atoms with Gasteiger partial charge in [0.25, 0.3) is 5.91 Å². The highest BCUT2D eigenvalue weighted by atomic mass is 127. The number of carbonyl (C=O) groups is 1. The molecule has 3 N–H and O–H groups in total. The Hall–Kier alpha value is -1.25. The summed E-state index contributed by atoms with van der Waals surface area (Å²) < 4.78 is 5.39. The lowest BCUT2D eigenvalue weighted by Gasteiger charge is -2.31. The number of amides is 1. The van der Waals surface area contributed by atoms with Crippen molar-refractivity contribution in [1.29, 1.82) is 0 Å². The number of guanidine groups is 1. The smallest absolute Gasteiger partial charge is 0.284 e. The summed E-state index contributed by atoms with van der Waals surface area (Å²) in [6.45, 7) is 6.62. The summed E-state index contributed by atoms with van der Waals surface area (Å²) in [6.07, 6.45) is 5.25. The van der Waals surface area contributed by atoms with Crippen LogP contribution in [0.15, 0.2) is 21.5 Å². The average molecular weight is 462 g/mol. The van der Waals surface area contributed by atoms with Gasteiger partial charge in [-0.15, -0.1) is 24.0 Å². The molecule has 0 spiro atoms. The summed E-state index contributed by atoms with van der Waals surface area (Å²) in [5, 5.41) is 3.32. The normalized spacial score (nSPS) is 20.7. The minimum atomic E-state index is -0.555. The molecule has 0 aromatic carbocycles. The lowest BCUT2D eigenvalue weighted by atomic mass is 9.83. The summed E-state index contributed by atoms with van der Waals surface area (Å²) in [6, 6.07) is 3.34. The minimum absolute atomic E-state index is 0. The van der Waals surface area contributed by atoms with Crippen molar-refractivity contribution in [3.8, 4) is 0 Å². The molecule has 25 heavy (non-hydrogen) atoms. The number of carbonyl (C=O) groups excluding carboxylic acids is 1. The molecule has 1 aliphatic carbocycles. The second-order valence-electron chi connectivity index (χ2n) is 6.81. The predicted molar refractivity (Wildman–Crippen MR) is 111 cm³/mol. The molecule has 142 valence electrons. The Kier molecular flexibility index (Phi) is 9.31. The maximum Gasteiger partial charge on any atom is 0.284 e. The number of rotatable bonds is 6. The lowest BCUT2D eigenvalue weighted by molar-refractivity contribution is 0.0972. The van der Waals surface area contributed by atoms with Gasteiger partial charge < -0.3 is 20.4 Å². The van der Waals surface area contributed by atoms with Gasteiger partial charge in [0.05, 0.1) is 0 Å². The summed E-state index contributed by atoms with van der Waals surface area (Å²) >= 11 is 0. The van der Waals surface area contributed by atoms with Crippen molar-refractivity contribution in [2.24, 2.45) is 22.6 Å². The van der Waals surface area contributed by atoms with Crippen molar-refractivity contribution < 1.29 is 9.21 Å². The van der Waals surface area contributed by atoms with E-state index < -0.39 is 5.91 Å². The van der Waals surface area contributed by atoms with Crippen LogP contribution in [0, 0.1) is 11.8 Å². The minimum Gasteiger partial charge on any atom is -0.454 e. The fourth-order valence-electron chi connectivity index (χ4n) is 3.20. The highest BCUT2D eigenvalue weighted by Crippen LogP contribution is 2.28. The topological polar surface area (TPSA) is 83.9 Å². The average Bonchev–Trinajstić information content (AvgIpc) is 3.02. The van der Waals surface area contributed by atoms with Gasteiger partial charge in [0.15, 0.2) is 11.7 Å². The quantitative estimate of drug-likeness (QED) is 0.386. The Morgan fingerprint density at radius 2 is 2.04 bits per heavy atom. The molecular formula is C18H31IN4O2. The molecule has 6 nitrogen and oxygen atoms in total. The molecule has 0 saturated heterocycles. The van der Waals surface area contributed by atoms with Gasteiger partial charge in [0.1, 0.15) is 12.3 Å². The van der Waals surface area contributed by atoms with Gasteiger partial charge in [-0.1, -0.05) is 19.8 Å². The zero-order valence-electron chi connectivity index (χ0n) is 15.5. The lowest BCUT2D eigenvalue weighted by Crippen LogP contribution is -2.41. The summed E-state index contributed by atoms with van der Waals surface area (Å²) in [7, 11) is 2.08. The zero-order chi connectivity index (χ0) is 17.5. The van der Waals surface area contributed by atoms with Gasteiger partial charge >= 0.3 is 0 Å². The highest BCUT2D eigenvalue weighted by molar-refractivity contribution is 14.0. The van der Waals surface area contributed by atoms with Crippen molar-refractivity contribution in [3.05, 3.63) is 23.7 Å². The van der Waals surface area contributed by atoms with E-state index in [1.165, 1.54) is 25.7 Å². The van der Waals surface area contributed by atoms with Crippen molar-refractivity contribution >= 4 is 35.8 Å². The zero-order valence-corrected chi connectivity index (χ0v) is 17.8. The fraction of sp³-hybridized carbons (Fsp3) is 0.667. The van der Waals surface area contributed by atoms with E-state index in [1.54, 1.807) is 12.1 Å². The van der Waals surface area contributed by atoms with Crippen molar-refractivity contribution in [1.82, 2.24) is 10.2 Å². The first-order valence-corrected chi connectivity index (χ1v) is 8.87. The molecule has 0 aliphatic heterocycles. The van der Waals surface area contributed by atoms with Gasteiger partial charge in [-0.3, -0.25) is 4.79 Å². The van der Waals surface area contributed by atoms with Gasteiger partial charge in [-0.05, 0) is 43.7 Å². The number of aliphatic imine (C=N–C) groups is 1. The van der Waals surface area contributed by atoms with Crippen LogP contribution in [0.4, 0.5) is 0 Å². The molecular weight excluding hydrogens is 431 g/mol. The van der Waals surface area contributed by atoms with Gasteiger partial charge in [0, 0.05) is 20.1 Å². The number of nitrogens with two attached hydrogens (primary N) is 1. The molecule has 2 rings (SSSR count). The van der Waals surface area contributed by atoms with Crippen LogP contribution < -0.4 is 11.1 Å². The number of primary amides is 1. The van der Waals surface area contributed by atoms with Gasteiger partial charge in [0.2, 0.25) is 0 Å². The third-order valence-corrected chi connectivity index (χ3v) is 4.65. The van der Waals surface area contributed by atoms with Crippen LogP contribution in [0.1, 0.15) is 55.8 Å². The van der Waals surface area contributed by atoms with E-state index in [2.05, 4.69) is 36.1 Å². The van der Waals surface area contributed by atoms with Crippen LogP contribution in [0.25, 0.3) is 0 Å². The molecule has 0 radical (unpaired) electrons. The van der Waals surface area contributed by atoms with Crippen molar-refractivity contribution in [3.63, 3.8) is 0 Å². The van der Waals surface area contributed by atoms with E-state index in [0.29, 0.717) is 12.3 Å². The summed E-state index contributed by atoms with van der Waals surface area (Å²) in [5.74, 6) is 2.73. The molecule has 0 atom stereocenters. The van der Waals surface area contributed by atoms with E-state index in [4.69, 9.17) is 10.2 Å². The van der Waals surface area contributed by atoms with Crippen molar-refractivity contribution in [2.45, 2.75) is 46.1 Å². The first-order chi connectivity index (χ1) is 11.5. The highest BCUT2D eigenvalue weighted by Gasteiger charge is 2.20. The molecule has 1 saturated carbocycles. The van der Waals surface area contributed by atoms with Crippen LogP contribution in [0.3, 0.4) is 0 Å². The molecule has 1 amide bonds. The fourth-order valence-corrected chi connectivity index (χ4v) is 3.20. The van der Waals surface area contributed by atoms with Crippen molar-refractivity contribution in [2.75, 3.05) is 20.1 Å². The molecule has 1 aromatic rings. The SMILES string of the molecule is CCNC(=NCc1ccc(C(N)=O)o1)N(C)CC1CCC(C)CC1.I. The first-order valence-electron chi connectivity index (χ1n) is 8.87. The third-order valence-electron chi connectivity index (χ3n) is 4.65. The van der Waals surface area contributed by atoms with E-state index in [1.807, 2.05) is 0 Å². The van der Waals surface area contributed by atoms with Crippen LogP contribution in [0.2, 0.25) is 0 Å². The Morgan fingerprint density at radius 3 is 2.60 bits per heavy atom. The standard InChI is InChI=1S/C18H30N4O2.HI/c1-4-20-18(21-11-15-9-10-16(24-15)17(19)23)22(3)12-14-7-5-13(2)6-8-14;/h9-10,13-14H,4-8,11-12H2,1-3H3,(H2,19,23)(H,20,21);1H. The number of hydrogen-bond acceptors (Lipinski definition) is 3. The predicted octanol–water partition coefficient (Wildman–Crippen LogP) is 3.22. The van der Waals surface area contributed by atoms with Crippen LogP contribution >= 0.6 is 24.0 Å². The summed E-state index contributed by atoms with van der Waals surface area (Å²) in [4.78, 5) is 17.9. The maximum atomic E-state index is 11.1. The van der Waals surface area contributed by atoms with Gasteiger partial charge in [-0.2, -0.15) is 0 Å². The molecule has 7 heteroatoms. The van der Waals surface area contributed by atoms with E-state index in [-0.39, 0.29) is 29.7 Å². The van der Waals surface area contributed by atoms with Crippen LogP contribution in [-0.2, 0) is 6.54 Å². The molecule has 0 unspecified atom stereocenters. The Balaban J connectivity index is 0.00000312. The monoisotopic (exact) mass is 462 g/mol. The number of halogens is 1. The van der Waals surface area contributed by atoms with Gasteiger partial charge in [-0.25, -0.2) is 4.99 Å². The second kappa shape index (κ2) is 10.7. The number of furan rings is 1. The number of nitrogens with zero attached hydrogens (tertiary/aromatic N) is 2. The molecule has 1 fully saturated rings. The van der Waals surface area contributed by atoms with Crippen LogP contribution in [-0.4, -0.2) is 36.9 Å². The number of hydrogen-bond donors (Lipinski definition) is 2. The molecule has 0 bridgehead atoms.